The van der Waals surface area contributed by atoms with Gasteiger partial charge in [0.25, 0.3) is 5.91 Å². The fraction of sp³-hybridized carbons (Fsp3) is 0.174. The van der Waals surface area contributed by atoms with Crippen molar-refractivity contribution in [2.75, 3.05) is 6.61 Å². The highest BCUT2D eigenvalue weighted by molar-refractivity contribution is 6.42. The summed E-state index contributed by atoms with van der Waals surface area (Å²) >= 11 is 18.8. The first kappa shape index (κ1) is 22.4. The van der Waals surface area contributed by atoms with Crippen LogP contribution in [0.25, 0.3) is 22.7 Å². The molecule has 4 rings (SSSR count). The van der Waals surface area contributed by atoms with Crippen molar-refractivity contribution in [2.24, 2.45) is 0 Å². The number of hydrogen-bond donors (Lipinski definition) is 1. The largest absolute Gasteiger partial charge is 0.481 e. The van der Waals surface area contributed by atoms with Crippen molar-refractivity contribution in [3.05, 3.63) is 74.4 Å². The minimum absolute atomic E-state index is 0.228. The van der Waals surface area contributed by atoms with E-state index in [-0.39, 0.29) is 18.3 Å². The highest BCUT2D eigenvalue weighted by atomic mass is 35.5. The molecular formula is C23H18Cl3N3O3. The van der Waals surface area contributed by atoms with E-state index in [4.69, 9.17) is 44.0 Å². The first-order chi connectivity index (χ1) is 15.3. The summed E-state index contributed by atoms with van der Waals surface area (Å²) in [5.74, 6) is 0.432. The minimum atomic E-state index is -0.309. The molecule has 0 atom stereocenters. The van der Waals surface area contributed by atoms with Crippen molar-refractivity contribution in [2.45, 2.75) is 20.4 Å². The number of nitrogens with one attached hydrogen (secondary N) is 1. The van der Waals surface area contributed by atoms with E-state index < -0.39 is 0 Å². The SMILES string of the molecule is Cc1c(Cl)c(C)c(Cl)c(OCC(=O)NCc2ccc(-c3nc4ncccc4o3)cc2)c1Cl. The topological polar surface area (TPSA) is 77.2 Å². The number of oxazole rings is 1. The maximum atomic E-state index is 12.3. The van der Waals surface area contributed by atoms with Gasteiger partial charge < -0.3 is 14.5 Å². The van der Waals surface area contributed by atoms with Crippen molar-refractivity contribution in [1.29, 1.82) is 0 Å². The number of nitrogens with zero attached hydrogens (tertiary/aromatic N) is 2. The average Bonchev–Trinajstić information content (AvgIpc) is 3.25. The van der Waals surface area contributed by atoms with Gasteiger partial charge in [-0.2, -0.15) is 4.98 Å². The molecule has 0 aliphatic heterocycles. The van der Waals surface area contributed by atoms with Crippen LogP contribution in [0.4, 0.5) is 0 Å². The molecule has 9 heteroatoms. The van der Waals surface area contributed by atoms with Crippen LogP contribution < -0.4 is 10.1 Å². The second-order valence-corrected chi connectivity index (χ2v) is 8.26. The summed E-state index contributed by atoms with van der Waals surface area (Å²) in [6.45, 7) is 3.63. The normalized spacial score (nSPS) is 11.0. The van der Waals surface area contributed by atoms with E-state index in [0.29, 0.717) is 49.9 Å². The van der Waals surface area contributed by atoms with E-state index in [1.807, 2.05) is 30.3 Å². The number of amides is 1. The molecule has 0 saturated heterocycles. The van der Waals surface area contributed by atoms with Crippen molar-refractivity contribution in [3.63, 3.8) is 0 Å². The van der Waals surface area contributed by atoms with Crippen LogP contribution in [0.5, 0.6) is 5.75 Å². The smallest absolute Gasteiger partial charge is 0.258 e. The van der Waals surface area contributed by atoms with E-state index in [0.717, 1.165) is 11.1 Å². The molecule has 2 heterocycles. The van der Waals surface area contributed by atoms with Crippen molar-refractivity contribution in [3.8, 4) is 17.2 Å². The Morgan fingerprint density at radius 3 is 2.38 bits per heavy atom. The van der Waals surface area contributed by atoms with Gasteiger partial charge in [-0.25, -0.2) is 4.98 Å². The van der Waals surface area contributed by atoms with Gasteiger partial charge >= 0.3 is 0 Å². The van der Waals surface area contributed by atoms with E-state index in [9.17, 15) is 4.79 Å². The first-order valence-corrected chi connectivity index (χ1v) is 10.8. The molecule has 4 aromatic rings. The lowest BCUT2D eigenvalue weighted by atomic mass is 10.1. The van der Waals surface area contributed by atoms with Crippen molar-refractivity contribution >= 4 is 51.9 Å². The Hall–Kier alpha value is -2.80. The predicted molar refractivity (Wildman–Crippen MR) is 126 cm³/mol. The Morgan fingerprint density at radius 2 is 1.72 bits per heavy atom. The van der Waals surface area contributed by atoms with Gasteiger partial charge in [0.15, 0.2) is 23.6 Å². The third-order valence-electron chi connectivity index (χ3n) is 4.92. The molecule has 2 aromatic carbocycles. The molecule has 2 aromatic heterocycles. The Kier molecular flexibility index (Phi) is 6.55. The van der Waals surface area contributed by atoms with Gasteiger partial charge in [0, 0.05) is 23.3 Å². The van der Waals surface area contributed by atoms with Gasteiger partial charge in [0.2, 0.25) is 5.89 Å². The van der Waals surface area contributed by atoms with Crippen LogP contribution >= 0.6 is 34.8 Å². The van der Waals surface area contributed by atoms with Crippen LogP contribution in [-0.4, -0.2) is 22.5 Å². The fourth-order valence-corrected chi connectivity index (χ4v) is 3.91. The number of pyridine rings is 1. The molecule has 0 bridgehead atoms. The summed E-state index contributed by atoms with van der Waals surface area (Å²) in [6.07, 6.45) is 1.67. The molecule has 0 radical (unpaired) electrons. The monoisotopic (exact) mass is 489 g/mol. The lowest BCUT2D eigenvalue weighted by Crippen LogP contribution is -2.28. The summed E-state index contributed by atoms with van der Waals surface area (Å²) in [5, 5.41) is 3.87. The fourth-order valence-electron chi connectivity index (χ4n) is 3.08. The molecule has 6 nitrogen and oxygen atoms in total. The molecular weight excluding hydrogens is 473 g/mol. The highest BCUT2D eigenvalue weighted by Crippen LogP contribution is 2.42. The highest BCUT2D eigenvalue weighted by Gasteiger charge is 2.18. The molecule has 0 fully saturated rings. The van der Waals surface area contributed by atoms with Crippen molar-refractivity contribution in [1.82, 2.24) is 15.3 Å². The molecule has 0 aliphatic rings. The van der Waals surface area contributed by atoms with Gasteiger partial charge in [-0.05, 0) is 54.8 Å². The number of aromatic nitrogens is 2. The van der Waals surface area contributed by atoms with Crippen molar-refractivity contribution < 1.29 is 13.9 Å². The van der Waals surface area contributed by atoms with Gasteiger partial charge in [0.1, 0.15) is 0 Å². The quantitative estimate of drug-likeness (QED) is 0.350. The average molecular weight is 491 g/mol. The molecule has 1 N–H and O–H groups in total. The van der Waals surface area contributed by atoms with E-state index in [2.05, 4.69) is 15.3 Å². The molecule has 32 heavy (non-hydrogen) atoms. The Balaban J connectivity index is 1.36. The number of halogens is 3. The van der Waals surface area contributed by atoms with Gasteiger partial charge in [-0.3, -0.25) is 4.79 Å². The number of fused-ring (bicyclic) bond motifs is 1. The van der Waals surface area contributed by atoms with Crippen LogP contribution in [0.15, 0.2) is 47.0 Å². The summed E-state index contributed by atoms with van der Waals surface area (Å²) in [5.41, 5.74) is 4.22. The van der Waals surface area contributed by atoms with Gasteiger partial charge in [-0.15, -0.1) is 0 Å². The third kappa shape index (κ3) is 4.53. The predicted octanol–water partition coefficient (Wildman–Crippen LogP) is 6.16. The van der Waals surface area contributed by atoms with Crippen LogP contribution in [0.3, 0.4) is 0 Å². The van der Waals surface area contributed by atoms with Crippen LogP contribution in [0.2, 0.25) is 15.1 Å². The molecule has 0 spiro atoms. The second-order valence-electron chi connectivity index (χ2n) is 7.13. The number of carbonyl (C=O) groups is 1. The number of benzene rings is 2. The van der Waals surface area contributed by atoms with E-state index >= 15 is 0 Å². The first-order valence-electron chi connectivity index (χ1n) is 9.69. The summed E-state index contributed by atoms with van der Waals surface area (Å²) in [4.78, 5) is 20.8. The number of hydrogen-bond acceptors (Lipinski definition) is 5. The second kappa shape index (κ2) is 9.36. The maximum absolute atomic E-state index is 12.3. The third-order valence-corrected chi connectivity index (χ3v) is 6.40. The maximum Gasteiger partial charge on any atom is 0.258 e. The van der Waals surface area contributed by atoms with Crippen LogP contribution in [0.1, 0.15) is 16.7 Å². The lowest BCUT2D eigenvalue weighted by Gasteiger charge is -2.15. The van der Waals surface area contributed by atoms with Gasteiger partial charge in [-0.1, -0.05) is 46.9 Å². The zero-order valence-electron chi connectivity index (χ0n) is 17.2. The van der Waals surface area contributed by atoms with Gasteiger partial charge in [0.05, 0.1) is 10.0 Å². The molecule has 164 valence electrons. The van der Waals surface area contributed by atoms with Crippen LogP contribution in [0, 0.1) is 13.8 Å². The minimum Gasteiger partial charge on any atom is -0.481 e. The zero-order valence-corrected chi connectivity index (χ0v) is 19.5. The summed E-state index contributed by atoms with van der Waals surface area (Å²) < 4.78 is 11.3. The molecule has 0 aliphatic carbocycles. The molecule has 0 unspecified atom stereocenters. The number of carbonyl (C=O) groups excluding carboxylic acids is 1. The van der Waals surface area contributed by atoms with E-state index in [1.165, 1.54) is 0 Å². The standard InChI is InChI=1S/C23H18Cl3N3O3/c1-12-18(24)13(2)20(26)21(19(12)25)31-11-17(30)28-10-14-5-7-15(8-6-14)23-29-22-16(32-23)4-3-9-27-22/h3-9H,10-11H2,1-2H3,(H,28,30). The summed E-state index contributed by atoms with van der Waals surface area (Å²) in [7, 11) is 0. The Morgan fingerprint density at radius 1 is 1.03 bits per heavy atom. The molecule has 0 saturated carbocycles. The van der Waals surface area contributed by atoms with Crippen LogP contribution in [-0.2, 0) is 11.3 Å². The summed E-state index contributed by atoms with van der Waals surface area (Å²) in [6, 6.07) is 11.1. The Labute approximate surface area is 199 Å². The number of ether oxygens (including phenoxy) is 1. The zero-order chi connectivity index (χ0) is 22.8. The molecule has 1 amide bonds. The lowest BCUT2D eigenvalue weighted by molar-refractivity contribution is -0.123. The number of rotatable bonds is 6. The van der Waals surface area contributed by atoms with E-state index in [1.54, 1.807) is 26.1 Å². The Bertz CT molecular complexity index is 1240.